The van der Waals surface area contributed by atoms with Gasteiger partial charge in [0.25, 0.3) is 0 Å². The molecule has 2 rings (SSSR count). The zero-order valence-corrected chi connectivity index (χ0v) is 10.2. The van der Waals surface area contributed by atoms with Crippen molar-refractivity contribution in [2.24, 2.45) is 16.7 Å². The second kappa shape index (κ2) is 3.12. The van der Waals surface area contributed by atoms with Gasteiger partial charge in [0.1, 0.15) is 0 Å². The van der Waals surface area contributed by atoms with Crippen molar-refractivity contribution >= 4 is 0 Å². The van der Waals surface area contributed by atoms with Crippen molar-refractivity contribution in [1.29, 1.82) is 0 Å². The Morgan fingerprint density at radius 1 is 1.21 bits per heavy atom. The Hall–Kier alpha value is -0.260. The Labute approximate surface area is 88.8 Å². The molecule has 0 saturated heterocycles. The fourth-order valence-corrected chi connectivity index (χ4v) is 4.07. The summed E-state index contributed by atoms with van der Waals surface area (Å²) < 4.78 is 0. The molecule has 80 valence electrons. The summed E-state index contributed by atoms with van der Waals surface area (Å²) in [4.78, 5) is 0. The van der Waals surface area contributed by atoms with Gasteiger partial charge in [-0.2, -0.15) is 0 Å². The van der Waals surface area contributed by atoms with Crippen molar-refractivity contribution in [3.8, 4) is 0 Å². The van der Waals surface area contributed by atoms with Crippen molar-refractivity contribution in [2.75, 3.05) is 0 Å². The van der Waals surface area contributed by atoms with Gasteiger partial charge in [-0.25, -0.2) is 0 Å². The highest BCUT2D eigenvalue weighted by molar-refractivity contribution is 5.16. The molecule has 0 aliphatic heterocycles. The molecule has 0 nitrogen and oxygen atoms in total. The van der Waals surface area contributed by atoms with Crippen LogP contribution in [0.25, 0.3) is 0 Å². The van der Waals surface area contributed by atoms with Gasteiger partial charge in [-0.1, -0.05) is 38.8 Å². The normalized spacial score (nSPS) is 41.4. The maximum absolute atomic E-state index is 2.59. The number of hydrogen-bond donors (Lipinski definition) is 0. The van der Waals surface area contributed by atoms with Crippen LogP contribution in [0.4, 0.5) is 0 Å². The lowest BCUT2D eigenvalue weighted by Gasteiger charge is -2.52. The van der Waals surface area contributed by atoms with Gasteiger partial charge in [-0.15, -0.1) is 0 Å². The topological polar surface area (TPSA) is 0 Å². The van der Waals surface area contributed by atoms with Gasteiger partial charge < -0.3 is 0 Å². The summed E-state index contributed by atoms with van der Waals surface area (Å²) in [6.45, 7) is 9.75. The standard InChI is InChI=1S/C14H24/c1-11-6-7-12-13(2,3)8-5-9-14(12,4)10-11/h10,12H,5-9H2,1-4H3/t12-,14+/m0/s1. The quantitative estimate of drug-likeness (QED) is 0.494. The zero-order valence-electron chi connectivity index (χ0n) is 10.2. The predicted molar refractivity (Wildman–Crippen MR) is 62.2 cm³/mol. The van der Waals surface area contributed by atoms with Gasteiger partial charge in [0.15, 0.2) is 0 Å². The van der Waals surface area contributed by atoms with Crippen LogP contribution >= 0.6 is 0 Å². The van der Waals surface area contributed by atoms with E-state index in [4.69, 9.17) is 0 Å². The van der Waals surface area contributed by atoms with E-state index in [-0.39, 0.29) is 0 Å². The summed E-state index contributed by atoms with van der Waals surface area (Å²) in [5.41, 5.74) is 2.72. The average Bonchev–Trinajstić information content (AvgIpc) is 2.00. The van der Waals surface area contributed by atoms with Crippen molar-refractivity contribution in [3.05, 3.63) is 11.6 Å². The van der Waals surface area contributed by atoms with Crippen LogP contribution in [0.3, 0.4) is 0 Å². The number of allylic oxidation sites excluding steroid dienone is 2. The molecule has 0 heterocycles. The Kier molecular flexibility index (Phi) is 2.28. The molecule has 2 aliphatic rings. The van der Waals surface area contributed by atoms with Crippen LogP contribution in [-0.4, -0.2) is 0 Å². The van der Waals surface area contributed by atoms with Crippen molar-refractivity contribution in [2.45, 2.75) is 59.8 Å². The third-order valence-electron chi connectivity index (χ3n) is 4.68. The smallest absolute Gasteiger partial charge is 0.0111 e. The fraction of sp³-hybridized carbons (Fsp3) is 0.857. The van der Waals surface area contributed by atoms with E-state index < -0.39 is 0 Å². The summed E-state index contributed by atoms with van der Waals surface area (Å²) in [5.74, 6) is 0.924. The first-order valence-electron chi connectivity index (χ1n) is 6.12. The maximum atomic E-state index is 2.59. The lowest BCUT2D eigenvalue weighted by atomic mass is 9.53. The fourth-order valence-electron chi connectivity index (χ4n) is 4.07. The van der Waals surface area contributed by atoms with E-state index >= 15 is 0 Å². The third-order valence-corrected chi connectivity index (χ3v) is 4.68. The molecule has 14 heavy (non-hydrogen) atoms. The van der Waals surface area contributed by atoms with Gasteiger partial charge in [-0.05, 0) is 49.4 Å². The monoisotopic (exact) mass is 192 g/mol. The first-order valence-corrected chi connectivity index (χ1v) is 6.12. The van der Waals surface area contributed by atoms with E-state index in [1.165, 1.54) is 32.1 Å². The minimum atomic E-state index is 0.518. The molecule has 0 aromatic carbocycles. The Morgan fingerprint density at radius 3 is 2.64 bits per heavy atom. The molecule has 0 unspecified atom stereocenters. The molecule has 1 fully saturated rings. The second-order valence-corrected chi connectivity index (χ2v) is 6.43. The summed E-state index contributed by atoms with van der Waals surface area (Å²) in [6, 6.07) is 0. The van der Waals surface area contributed by atoms with Crippen molar-refractivity contribution < 1.29 is 0 Å². The van der Waals surface area contributed by atoms with E-state index in [9.17, 15) is 0 Å². The molecular formula is C14H24. The van der Waals surface area contributed by atoms with Crippen LogP contribution in [-0.2, 0) is 0 Å². The highest BCUT2D eigenvalue weighted by atomic mass is 14.5. The van der Waals surface area contributed by atoms with Crippen LogP contribution < -0.4 is 0 Å². The predicted octanol–water partition coefficient (Wildman–Crippen LogP) is 4.56. The van der Waals surface area contributed by atoms with Crippen LogP contribution in [0.1, 0.15) is 59.8 Å². The molecule has 0 radical (unpaired) electrons. The molecular weight excluding hydrogens is 168 g/mol. The second-order valence-electron chi connectivity index (χ2n) is 6.43. The summed E-state index contributed by atoms with van der Waals surface area (Å²) >= 11 is 0. The van der Waals surface area contributed by atoms with Crippen LogP contribution in [0.15, 0.2) is 11.6 Å². The lowest BCUT2D eigenvalue weighted by molar-refractivity contribution is 0.0217. The number of hydrogen-bond acceptors (Lipinski definition) is 0. The molecule has 2 aliphatic carbocycles. The number of fused-ring (bicyclic) bond motifs is 1. The first-order chi connectivity index (χ1) is 6.44. The minimum Gasteiger partial charge on any atom is -0.0794 e. The maximum Gasteiger partial charge on any atom is -0.0111 e. The van der Waals surface area contributed by atoms with Crippen LogP contribution in [0, 0.1) is 16.7 Å². The molecule has 0 bridgehead atoms. The molecule has 0 amide bonds. The SMILES string of the molecule is CC1=C[C@@]2(C)CCCC(C)(C)[C@@H]2CC1. The molecule has 0 aromatic heterocycles. The van der Waals surface area contributed by atoms with E-state index in [0.717, 1.165) is 5.92 Å². The highest BCUT2D eigenvalue weighted by Crippen LogP contribution is 2.56. The van der Waals surface area contributed by atoms with Gasteiger partial charge in [-0.3, -0.25) is 0 Å². The summed E-state index contributed by atoms with van der Waals surface area (Å²) in [7, 11) is 0. The molecule has 1 saturated carbocycles. The Balaban J connectivity index is 2.33. The molecule has 2 atom stereocenters. The van der Waals surface area contributed by atoms with E-state index in [0.29, 0.717) is 10.8 Å². The van der Waals surface area contributed by atoms with Crippen molar-refractivity contribution in [3.63, 3.8) is 0 Å². The van der Waals surface area contributed by atoms with Gasteiger partial charge in [0, 0.05) is 0 Å². The molecule has 0 N–H and O–H groups in total. The lowest BCUT2D eigenvalue weighted by Crippen LogP contribution is -2.42. The largest absolute Gasteiger partial charge is 0.0794 e. The van der Waals surface area contributed by atoms with E-state index in [1.807, 2.05) is 0 Å². The molecule has 0 aromatic rings. The summed E-state index contributed by atoms with van der Waals surface area (Å²) in [5, 5.41) is 0. The minimum absolute atomic E-state index is 0.518. The van der Waals surface area contributed by atoms with Gasteiger partial charge in [0.05, 0.1) is 0 Å². The number of rotatable bonds is 0. The van der Waals surface area contributed by atoms with E-state index in [1.54, 1.807) is 5.57 Å². The molecule has 0 spiro atoms. The first kappa shape index (κ1) is 10.3. The third kappa shape index (κ3) is 1.53. The highest BCUT2D eigenvalue weighted by Gasteiger charge is 2.46. The van der Waals surface area contributed by atoms with E-state index in [2.05, 4.69) is 33.8 Å². The molecule has 0 heteroatoms. The summed E-state index contributed by atoms with van der Waals surface area (Å²) in [6.07, 6.45) is 9.61. The Morgan fingerprint density at radius 2 is 1.93 bits per heavy atom. The average molecular weight is 192 g/mol. The van der Waals surface area contributed by atoms with Crippen LogP contribution in [0.5, 0.6) is 0 Å². The van der Waals surface area contributed by atoms with Gasteiger partial charge >= 0.3 is 0 Å². The zero-order chi connectivity index (χ0) is 10.4. The van der Waals surface area contributed by atoms with Crippen molar-refractivity contribution in [1.82, 2.24) is 0 Å². The Bertz CT molecular complexity index is 259. The van der Waals surface area contributed by atoms with Crippen LogP contribution in [0.2, 0.25) is 0 Å². The van der Waals surface area contributed by atoms with Gasteiger partial charge in [0.2, 0.25) is 0 Å².